The molecule has 2 rings (SSSR count). The van der Waals surface area contributed by atoms with Gasteiger partial charge in [-0.05, 0) is 44.6 Å². The molecule has 0 aromatic carbocycles. The fourth-order valence-corrected chi connectivity index (χ4v) is 4.33. The zero-order valence-corrected chi connectivity index (χ0v) is 16.7. The average Bonchev–Trinajstić information content (AvgIpc) is 3.14. The van der Waals surface area contributed by atoms with Crippen molar-refractivity contribution in [1.82, 2.24) is 15.6 Å². The van der Waals surface area contributed by atoms with Crippen molar-refractivity contribution in [2.75, 3.05) is 19.6 Å². The van der Waals surface area contributed by atoms with Crippen molar-refractivity contribution in [1.29, 1.82) is 0 Å². The first-order valence-electron chi connectivity index (χ1n) is 8.56. The number of nitrogens with zero attached hydrogens (tertiary/aromatic N) is 2. The normalized spacial score (nSPS) is 13.1. The number of hydrogen-bond donors (Lipinski definition) is 2. The summed E-state index contributed by atoms with van der Waals surface area (Å²) in [7, 11) is 0. The van der Waals surface area contributed by atoms with E-state index in [1.165, 1.54) is 9.75 Å². The minimum atomic E-state index is 0.547. The van der Waals surface area contributed by atoms with Crippen LogP contribution in [0.2, 0.25) is 0 Å². The maximum absolute atomic E-state index is 4.74. The maximum atomic E-state index is 4.74. The molecule has 0 bridgehead atoms. The molecule has 2 heterocycles. The molecule has 6 heteroatoms. The Morgan fingerprint density at radius 2 is 2.17 bits per heavy atom. The number of rotatable bonds is 8. The van der Waals surface area contributed by atoms with E-state index in [1.807, 2.05) is 11.3 Å². The van der Waals surface area contributed by atoms with Crippen molar-refractivity contribution in [2.45, 2.75) is 40.5 Å². The molecule has 0 saturated heterocycles. The number of aliphatic imine (C=N–C) groups is 1. The van der Waals surface area contributed by atoms with Crippen LogP contribution in [0.25, 0.3) is 0 Å². The Kier molecular flexibility index (Phi) is 7.72. The molecule has 2 N–H and O–H groups in total. The van der Waals surface area contributed by atoms with Crippen molar-refractivity contribution in [2.24, 2.45) is 10.9 Å². The Labute approximate surface area is 153 Å². The quantitative estimate of drug-likeness (QED) is 0.553. The summed E-state index contributed by atoms with van der Waals surface area (Å²) in [6.07, 6.45) is 2.09. The smallest absolute Gasteiger partial charge is 0.191 e. The van der Waals surface area contributed by atoms with Gasteiger partial charge in [-0.15, -0.1) is 22.7 Å². The molecule has 0 saturated carbocycles. The first kappa shape index (κ1) is 18.9. The third-order valence-electron chi connectivity index (χ3n) is 3.68. The standard InChI is InChI=1S/C18H28N4S2/c1-5-19-18(20-9-8-17-14(3)22-15(4)24-17)21-12-13(2)11-16-7-6-10-23-16/h6-7,10,13H,5,8-9,11-12H2,1-4H3,(H2,19,20,21). The molecule has 2 aromatic heterocycles. The van der Waals surface area contributed by atoms with E-state index in [9.17, 15) is 0 Å². The summed E-state index contributed by atoms with van der Waals surface area (Å²) in [6, 6.07) is 4.32. The first-order chi connectivity index (χ1) is 11.6. The molecular formula is C18H28N4S2. The van der Waals surface area contributed by atoms with Gasteiger partial charge in [0.2, 0.25) is 0 Å². The minimum Gasteiger partial charge on any atom is -0.357 e. The minimum absolute atomic E-state index is 0.547. The number of guanidine groups is 1. The van der Waals surface area contributed by atoms with Crippen LogP contribution in [0.4, 0.5) is 0 Å². The van der Waals surface area contributed by atoms with Crippen molar-refractivity contribution < 1.29 is 0 Å². The highest BCUT2D eigenvalue weighted by atomic mass is 32.1. The number of thiazole rings is 1. The van der Waals surface area contributed by atoms with E-state index in [1.54, 1.807) is 11.3 Å². The van der Waals surface area contributed by atoms with E-state index >= 15 is 0 Å². The number of aromatic nitrogens is 1. The molecule has 132 valence electrons. The van der Waals surface area contributed by atoms with Crippen molar-refractivity contribution in [3.8, 4) is 0 Å². The van der Waals surface area contributed by atoms with Crippen LogP contribution >= 0.6 is 22.7 Å². The van der Waals surface area contributed by atoms with E-state index in [4.69, 9.17) is 4.99 Å². The second-order valence-electron chi connectivity index (χ2n) is 6.03. The van der Waals surface area contributed by atoms with Crippen molar-refractivity contribution >= 4 is 28.6 Å². The van der Waals surface area contributed by atoms with Gasteiger partial charge in [0.1, 0.15) is 0 Å². The third kappa shape index (κ3) is 6.24. The highest BCUT2D eigenvalue weighted by Gasteiger charge is 2.07. The van der Waals surface area contributed by atoms with Gasteiger partial charge in [0, 0.05) is 35.8 Å². The lowest BCUT2D eigenvalue weighted by Gasteiger charge is -2.13. The fraction of sp³-hybridized carbons (Fsp3) is 0.556. The van der Waals surface area contributed by atoms with E-state index < -0.39 is 0 Å². The van der Waals surface area contributed by atoms with Gasteiger partial charge in [0.25, 0.3) is 0 Å². The van der Waals surface area contributed by atoms with Crippen LogP contribution in [0.3, 0.4) is 0 Å². The number of nitrogens with one attached hydrogen (secondary N) is 2. The van der Waals surface area contributed by atoms with Gasteiger partial charge in [-0.3, -0.25) is 4.99 Å². The summed E-state index contributed by atoms with van der Waals surface area (Å²) in [5.74, 6) is 1.46. The Hall–Kier alpha value is -1.40. The summed E-state index contributed by atoms with van der Waals surface area (Å²) < 4.78 is 0. The Bertz CT molecular complexity index is 631. The average molecular weight is 365 g/mol. The van der Waals surface area contributed by atoms with Crippen LogP contribution in [-0.2, 0) is 12.8 Å². The third-order valence-corrected chi connectivity index (χ3v) is 5.71. The summed E-state index contributed by atoms with van der Waals surface area (Å²) in [5, 5.41) is 10.1. The van der Waals surface area contributed by atoms with Crippen LogP contribution in [0, 0.1) is 19.8 Å². The van der Waals surface area contributed by atoms with Gasteiger partial charge in [-0.1, -0.05) is 13.0 Å². The zero-order valence-electron chi connectivity index (χ0n) is 15.1. The highest BCUT2D eigenvalue weighted by Crippen LogP contribution is 2.17. The summed E-state index contributed by atoms with van der Waals surface area (Å²) in [4.78, 5) is 12.0. The molecule has 0 aliphatic carbocycles. The van der Waals surface area contributed by atoms with E-state index in [-0.39, 0.29) is 0 Å². The van der Waals surface area contributed by atoms with Crippen LogP contribution in [0.1, 0.15) is 34.3 Å². The van der Waals surface area contributed by atoms with Gasteiger partial charge >= 0.3 is 0 Å². The molecule has 1 atom stereocenters. The van der Waals surface area contributed by atoms with Gasteiger partial charge in [-0.25, -0.2) is 4.98 Å². The van der Waals surface area contributed by atoms with Crippen LogP contribution in [0.5, 0.6) is 0 Å². The van der Waals surface area contributed by atoms with Crippen LogP contribution in [-0.4, -0.2) is 30.6 Å². The molecule has 1 unspecified atom stereocenters. The summed E-state index contributed by atoms with van der Waals surface area (Å²) >= 11 is 3.62. The Balaban J connectivity index is 1.80. The molecule has 2 aromatic rings. The Morgan fingerprint density at radius 1 is 1.33 bits per heavy atom. The largest absolute Gasteiger partial charge is 0.357 e. The number of thiophene rings is 1. The lowest BCUT2D eigenvalue weighted by atomic mass is 10.1. The second kappa shape index (κ2) is 9.79. The molecule has 0 aliphatic heterocycles. The lowest BCUT2D eigenvalue weighted by molar-refractivity contribution is 0.595. The van der Waals surface area contributed by atoms with Gasteiger partial charge < -0.3 is 10.6 Å². The van der Waals surface area contributed by atoms with E-state index in [2.05, 4.69) is 60.8 Å². The topological polar surface area (TPSA) is 49.3 Å². The van der Waals surface area contributed by atoms with Gasteiger partial charge in [0.15, 0.2) is 5.96 Å². The van der Waals surface area contributed by atoms with Crippen molar-refractivity contribution in [3.63, 3.8) is 0 Å². The van der Waals surface area contributed by atoms with Crippen LogP contribution in [0.15, 0.2) is 22.5 Å². The second-order valence-corrected chi connectivity index (χ2v) is 8.35. The van der Waals surface area contributed by atoms with Crippen LogP contribution < -0.4 is 10.6 Å². The Morgan fingerprint density at radius 3 is 2.79 bits per heavy atom. The molecular weight excluding hydrogens is 336 g/mol. The SMILES string of the molecule is CCNC(=NCC(C)Cc1cccs1)NCCc1sc(C)nc1C. The van der Waals surface area contributed by atoms with E-state index in [0.29, 0.717) is 5.92 Å². The fourth-order valence-electron chi connectivity index (χ4n) is 2.53. The summed E-state index contributed by atoms with van der Waals surface area (Å²) in [5.41, 5.74) is 1.16. The van der Waals surface area contributed by atoms with E-state index in [0.717, 1.165) is 49.1 Å². The van der Waals surface area contributed by atoms with Crippen molar-refractivity contribution in [3.05, 3.63) is 38.0 Å². The number of hydrogen-bond acceptors (Lipinski definition) is 4. The maximum Gasteiger partial charge on any atom is 0.191 e. The molecule has 0 aliphatic rings. The number of aryl methyl sites for hydroxylation is 2. The monoisotopic (exact) mass is 364 g/mol. The van der Waals surface area contributed by atoms with Gasteiger partial charge in [-0.2, -0.15) is 0 Å². The zero-order chi connectivity index (χ0) is 17.4. The molecule has 0 fully saturated rings. The molecule has 0 amide bonds. The molecule has 24 heavy (non-hydrogen) atoms. The first-order valence-corrected chi connectivity index (χ1v) is 10.3. The highest BCUT2D eigenvalue weighted by molar-refractivity contribution is 7.11. The molecule has 4 nitrogen and oxygen atoms in total. The predicted molar refractivity (Wildman–Crippen MR) is 106 cm³/mol. The van der Waals surface area contributed by atoms with Gasteiger partial charge in [0.05, 0.1) is 10.7 Å². The molecule has 0 radical (unpaired) electrons. The predicted octanol–water partition coefficient (Wildman–Crippen LogP) is 3.80. The summed E-state index contributed by atoms with van der Waals surface area (Å²) in [6.45, 7) is 11.1. The lowest BCUT2D eigenvalue weighted by Crippen LogP contribution is -2.38. The molecule has 0 spiro atoms.